The van der Waals surface area contributed by atoms with Crippen molar-refractivity contribution in [2.45, 2.75) is 38.8 Å². The van der Waals surface area contributed by atoms with E-state index in [-0.39, 0.29) is 11.9 Å². The molecule has 128 valence electrons. The Morgan fingerprint density at radius 2 is 1.71 bits per heavy atom. The van der Waals surface area contributed by atoms with Crippen LogP contribution >= 0.6 is 0 Å². The molecule has 1 amide bonds. The van der Waals surface area contributed by atoms with Crippen LogP contribution in [0.3, 0.4) is 0 Å². The van der Waals surface area contributed by atoms with Gasteiger partial charge in [-0.3, -0.25) is 4.79 Å². The summed E-state index contributed by atoms with van der Waals surface area (Å²) in [5.41, 5.74) is 8.89. The highest BCUT2D eigenvalue weighted by Crippen LogP contribution is 2.10. The molecule has 0 aliphatic heterocycles. The molecule has 0 aliphatic carbocycles. The molecule has 1 unspecified atom stereocenters. The fourth-order valence-corrected chi connectivity index (χ4v) is 2.44. The van der Waals surface area contributed by atoms with Gasteiger partial charge in [-0.25, -0.2) is 0 Å². The van der Waals surface area contributed by atoms with Gasteiger partial charge >= 0.3 is 0 Å². The topological polar surface area (TPSA) is 67.2 Å². The van der Waals surface area contributed by atoms with Crippen molar-refractivity contribution in [3.05, 3.63) is 65.7 Å². The first kappa shape index (κ1) is 18.0. The summed E-state index contributed by atoms with van der Waals surface area (Å²) in [7, 11) is 0. The molecule has 4 heteroatoms. The third-order valence-corrected chi connectivity index (χ3v) is 4.06. The van der Waals surface area contributed by atoms with Crippen molar-refractivity contribution in [3.8, 4) is 0 Å². The van der Waals surface area contributed by atoms with Crippen LogP contribution in [0.15, 0.2) is 54.6 Å². The number of carbonyl (C=O) groups is 1. The highest BCUT2D eigenvalue weighted by molar-refractivity contribution is 5.79. The summed E-state index contributed by atoms with van der Waals surface area (Å²) in [6.07, 6.45) is 3.46. The van der Waals surface area contributed by atoms with E-state index >= 15 is 0 Å². The lowest BCUT2D eigenvalue weighted by Gasteiger charge is -2.11. The van der Waals surface area contributed by atoms with Crippen LogP contribution in [0, 0.1) is 0 Å². The molecule has 0 radical (unpaired) electrons. The van der Waals surface area contributed by atoms with E-state index in [1.54, 1.807) is 6.92 Å². The molecule has 0 saturated carbocycles. The number of anilines is 1. The van der Waals surface area contributed by atoms with E-state index in [1.165, 1.54) is 12.0 Å². The molecule has 4 N–H and O–H groups in total. The Balaban J connectivity index is 1.64. The smallest absolute Gasteiger partial charge is 0.234 e. The molecular weight excluding hydrogens is 298 g/mol. The quantitative estimate of drug-likeness (QED) is 0.588. The van der Waals surface area contributed by atoms with Gasteiger partial charge in [-0.15, -0.1) is 0 Å². The average molecular weight is 325 g/mol. The predicted octanol–water partition coefficient (Wildman–Crippen LogP) is 3.08. The minimum absolute atomic E-state index is 0.313. The summed E-state index contributed by atoms with van der Waals surface area (Å²) < 4.78 is 0. The Hall–Kier alpha value is -2.33. The van der Waals surface area contributed by atoms with E-state index in [0.717, 1.165) is 30.6 Å². The lowest BCUT2D eigenvalue weighted by atomic mass is 10.1. The van der Waals surface area contributed by atoms with Gasteiger partial charge in [0.2, 0.25) is 5.91 Å². The molecule has 2 rings (SSSR count). The SMILES string of the molecule is CC(NCc1ccc(NCCCCc2ccccc2)cc1)C(N)=O. The number of aryl methyl sites for hydroxylation is 1. The van der Waals surface area contributed by atoms with Crippen LogP contribution in [-0.4, -0.2) is 18.5 Å². The molecular formula is C20H27N3O. The summed E-state index contributed by atoms with van der Waals surface area (Å²) in [6.45, 7) is 3.39. The first-order chi connectivity index (χ1) is 11.6. The predicted molar refractivity (Wildman–Crippen MR) is 99.8 cm³/mol. The Labute approximate surface area is 144 Å². The van der Waals surface area contributed by atoms with Crippen molar-refractivity contribution in [3.63, 3.8) is 0 Å². The minimum atomic E-state index is -0.330. The second-order valence-corrected chi connectivity index (χ2v) is 6.07. The zero-order valence-corrected chi connectivity index (χ0v) is 14.3. The highest BCUT2D eigenvalue weighted by atomic mass is 16.1. The van der Waals surface area contributed by atoms with Gasteiger partial charge in [0, 0.05) is 18.8 Å². The molecule has 1 atom stereocenters. The number of hydrogen-bond acceptors (Lipinski definition) is 3. The van der Waals surface area contributed by atoms with Crippen LogP contribution in [0.2, 0.25) is 0 Å². The molecule has 0 aromatic heterocycles. The summed E-state index contributed by atoms with van der Waals surface area (Å²) in [6, 6.07) is 18.6. The molecule has 2 aromatic rings. The Bertz CT molecular complexity index is 611. The van der Waals surface area contributed by atoms with E-state index in [4.69, 9.17) is 5.73 Å². The summed E-state index contributed by atoms with van der Waals surface area (Å²) in [4.78, 5) is 11.0. The third-order valence-electron chi connectivity index (χ3n) is 4.06. The highest BCUT2D eigenvalue weighted by Gasteiger charge is 2.06. The standard InChI is InChI=1S/C20H27N3O/c1-16(20(21)24)23-15-18-10-12-19(13-11-18)22-14-6-5-9-17-7-3-2-4-8-17/h2-4,7-8,10-13,16,22-23H,5-6,9,14-15H2,1H3,(H2,21,24). The minimum Gasteiger partial charge on any atom is -0.385 e. The van der Waals surface area contributed by atoms with E-state index in [9.17, 15) is 4.79 Å². The van der Waals surface area contributed by atoms with Crippen LogP contribution in [-0.2, 0) is 17.8 Å². The van der Waals surface area contributed by atoms with Crippen LogP contribution in [0.1, 0.15) is 30.9 Å². The maximum atomic E-state index is 11.0. The summed E-state index contributed by atoms with van der Waals surface area (Å²) >= 11 is 0. The average Bonchev–Trinajstić information content (AvgIpc) is 2.61. The Kier molecular flexibility index (Phi) is 7.30. The molecule has 2 aromatic carbocycles. The Morgan fingerprint density at radius 1 is 1.00 bits per heavy atom. The zero-order chi connectivity index (χ0) is 17.2. The normalized spacial score (nSPS) is 11.9. The Morgan fingerprint density at radius 3 is 2.38 bits per heavy atom. The second kappa shape index (κ2) is 9.73. The monoisotopic (exact) mass is 325 g/mol. The van der Waals surface area contributed by atoms with Crippen LogP contribution < -0.4 is 16.4 Å². The van der Waals surface area contributed by atoms with Crippen molar-refractivity contribution >= 4 is 11.6 Å². The van der Waals surface area contributed by atoms with Crippen molar-refractivity contribution in [1.29, 1.82) is 0 Å². The van der Waals surface area contributed by atoms with Gasteiger partial charge in [-0.1, -0.05) is 42.5 Å². The summed E-state index contributed by atoms with van der Waals surface area (Å²) in [5.74, 6) is -0.330. The molecule has 0 fully saturated rings. The molecule has 4 nitrogen and oxygen atoms in total. The number of carbonyl (C=O) groups excluding carboxylic acids is 1. The van der Waals surface area contributed by atoms with E-state index in [2.05, 4.69) is 65.2 Å². The van der Waals surface area contributed by atoms with Crippen molar-refractivity contribution in [1.82, 2.24) is 5.32 Å². The molecule has 0 heterocycles. The first-order valence-electron chi connectivity index (χ1n) is 8.54. The molecule has 24 heavy (non-hydrogen) atoms. The number of benzene rings is 2. The lowest BCUT2D eigenvalue weighted by molar-refractivity contribution is -0.119. The second-order valence-electron chi connectivity index (χ2n) is 6.07. The number of rotatable bonds is 10. The number of primary amides is 1. The zero-order valence-electron chi connectivity index (χ0n) is 14.3. The number of unbranched alkanes of at least 4 members (excludes halogenated alkanes) is 1. The van der Waals surface area contributed by atoms with Crippen molar-refractivity contribution in [2.75, 3.05) is 11.9 Å². The van der Waals surface area contributed by atoms with Crippen LogP contribution in [0.25, 0.3) is 0 Å². The van der Waals surface area contributed by atoms with Crippen molar-refractivity contribution < 1.29 is 4.79 Å². The van der Waals surface area contributed by atoms with Gasteiger partial charge in [0.1, 0.15) is 0 Å². The van der Waals surface area contributed by atoms with E-state index in [1.807, 2.05) is 0 Å². The van der Waals surface area contributed by atoms with Crippen LogP contribution in [0.5, 0.6) is 0 Å². The lowest BCUT2D eigenvalue weighted by Crippen LogP contribution is -2.38. The first-order valence-corrected chi connectivity index (χ1v) is 8.54. The van der Waals surface area contributed by atoms with Crippen LogP contribution in [0.4, 0.5) is 5.69 Å². The third kappa shape index (κ3) is 6.42. The molecule has 0 bridgehead atoms. The summed E-state index contributed by atoms with van der Waals surface area (Å²) in [5, 5.41) is 6.55. The van der Waals surface area contributed by atoms with E-state index < -0.39 is 0 Å². The molecule has 0 aliphatic rings. The number of nitrogens with two attached hydrogens (primary N) is 1. The van der Waals surface area contributed by atoms with Gasteiger partial charge in [-0.05, 0) is 49.4 Å². The van der Waals surface area contributed by atoms with Gasteiger partial charge in [-0.2, -0.15) is 0 Å². The fraction of sp³-hybridized carbons (Fsp3) is 0.350. The largest absolute Gasteiger partial charge is 0.385 e. The molecule has 0 spiro atoms. The van der Waals surface area contributed by atoms with Gasteiger partial charge in [0.05, 0.1) is 6.04 Å². The number of hydrogen-bond donors (Lipinski definition) is 3. The fourth-order valence-electron chi connectivity index (χ4n) is 2.44. The number of amides is 1. The van der Waals surface area contributed by atoms with Gasteiger partial charge < -0.3 is 16.4 Å². The number of nitrogens with one attached hydrogen (secondary N) is 2. The maximum Gasteiger partial charge on any atom is 0.234 e. The molecule has 0 saturated heterocycles. The van der Waals surface area contributed by atoms with E-state index in [0.29, 0.717) is 6.54 Å². The van der Waals surface area contributed by atoms with Crippen molar-refractivity contribution in [2.24, 2.45) is 5.73 Å². The van der Waals surface area contributed by atoms with Gasteiger partial charge in [0.15, 0.2) is 0 Å². The maximum absolute atomic E-state index is 11.0. The van der Waals surface area contributed by atoms with Gasteiger partial charge in [0.25, 0.3) is 0 Å².